The van der Waals surface area contributed by atoms with Crippen LogP contribution in [-0.4, -0.2) is 25.7 Å². The number of ketones is 1. The van der Waals surface area contributed by atoms with Crippen molar-refractivity contribution < 1.29 is 22.0 Å². The molecule has 100 valence electrons. The number of hydrogen-bond donors (Lipinski definition) is 0. The molecule has 0 saturated heterocycles. The Labute approximate surface area is 105 Å². The Hall–Kier alpha value is -1.30. The maximum atomic E-state index is 13.3. The molecule has 0 spiro atoms. The number of benzene rings is 1. The summed E-state index contributed by atoms with van der Waals surface area (Å²) in [6.07, 6.45) is 1.13. The van der Waals surface area contributed by atoms with Gasteiger partial charge in [-0.1, -0.05) is 13.3 Å². The van der Waals surface area contributed by atoms with Crippen molar-refractivity contribution in [2.75, 3.05) is 11.5 Å². The van der Waals surface area contributed by atoms with Gasteiger partial charge in [0.2, 0.25) is 0 Å². The SMILES string of the molecule is CCCCS(=O)(=O)CC(=O)c1cc(F)ccc1F. The third-order valence-corrected chi connectivity index (χ3v) is 4.00. The van der Waals surface area contributed by atoms with Crippen molar-refractivity contribution in [1.29, 1.82) is 0 Å². The first-order valence-electron chi connectivity index (χ1n) is 5.54. The number of hydrogen-bond acceptors (Lipinski definition) is 3. The molecule has 0 N–H and O–H groups in total. The molecule has 0 aliphatic heterocycles. The van der Waals surface area contributed by atoms with Gasteiger partial charge in [0.05, 0.1) is 11.3 Å². The molecular weight excluding hydrogens is 262 g/mol. The summed E-state index contributed by atoms with van der Waals surface area (Å²) in [5.74, 6) is -3.50. The number of halogens is 2. The van der Waals surface area contributed by atoms with Crippen LogP contribution in [0.2, 0.25) is 0 Å². The zero-order valence-electron chi connectivity index (χ0n) is 9.95. The standard InChI is InChI=1S/C12H14F2O3S/c1-2-3-6-18(16,17)8-12(15)10-7-9(13)4-5-11(10)14/h4-5,7H,2-3,6,8H2,1H3. The predicted molar refractivity (Wildman–Crippen MR) is 64.3 cm³/mol. The zero-order valence-corrected chi connectivity index (χ0v) is 10.8. The molecular formula is C12H14F2O3S. The summed E-state index contributed by atoms with van der Waals surface area (Å²) < 4.78 is 49.2. The smallest absolute Gasteiger partial charge is 0.180 e. The molecule has 0 aliphatic carbocycles. The van der Waals surface area contributed by atoms with Crippen LogP contribution in [0.25, 0.3) is 0 Å². The van der Waals surface area contributed by atoms with Gasteiger partial charge in [-0.05, 0) is 24.6 Å². The number of unbranched alkanes of at least 4 members (excludes halogenated alkanes) is 1. The molecule has 0 atom stereocenters. The maximum Gasteiger partial charge on any atom is 0.180 e. The van der Waals surface area contributed by atoms with Crippen molar-refractivity contribution in [1.82, 2.24) is 0 Å². The molecule has 0 fully saturated rings. The molecule has 6 heteroatoms. The second-order valence-corrected chi connectivity index (χ2v) is 6.18. The highest BCUT2D eigenvalue weighted by Crippen LogP contribution is 2.12. The van der Waals surface area contributed by atoms with Gasteiger partial charge in [0.1, 0.15) is 17.4 Å². The summed E-state index contributed by atoms with van der Waals surface area (Å²) in [5.41, 5.74) is -0.518. The first-order valence-corrected chi connectivity index (χ1v) is 7.36. The highest BCUT2D eigenvalue weighted by atomic mass is 32.2. The van der Waals surface area contributed by atoms with E-state index in [1.165, 1.54) is 0 Å². The average Bonchev–Trinajstić information content (AvgIpc) is 2.29. The van der Waals surface area contributed by atoms with E-state index in [0.29, 0.717) is 18.9 Å². The lowest BCUT2D eigenvalue weighted by Crippen LogP contribution is -2.20. The van der Waals surface area contributed by atoms with Crippen LogP contribution in [0.4, 0.5) is 8.78 Å². The van der Waals surface area contributed by atoms with E-state index in [1.807, 2.05) is 6.92 Å². The van der Waals surface area contributed by atoms with E-state index >= 15 is 0 Å². The van der Waals surface area contributed by atoms with Gasteiger partial charge >= 0.3 is 0 Å². The molecule has 1 aromatic rings. The monoisotopic (exact) mass is 276 g/mol. The van der Waals surface area contributed by atoms with E-state index in [4.69, 9.17) is 0 Å². The van der Waals surface area contributed by atoms with Crippen LogP contribution in [-0.2, 0) is 9.84 Å². The van der Waals surface area contributed by atoms with Gasteiger partial charge in [-0.2, -0.15) is 0 Å². The Morgan fingerprint density at radius 3 is 2.56 bits per heavy atom. The molecule has 1 rings (SSSR count). The largest absolute Gasteiger partial charge is 0.293 e. The first-order chi connectivity index (χ1) is 8.35. The topological polar surface area (TPSA) is 51.2 Å². The van der Waals surface area contributed by atoms with E-state index < -0.39 is 38.6 Å². The molecule has 0 amide bonds. The minimum absolute atomic E-state index is 0.119. The van der Waals surface area contributed by atoms with Gasteiger partial charge < -0.3 is 0 Å². The lowest BCUT2D eigenvalue weighted by Gasteiger charge is -2.04. The number of rotatable bonds is 6. The van der Waals surface area contributed by atoms with Gasteiger partial charge in [-0.15, -0.1) is 0 Å². The lowest BCUT2D eigenvalue weighted by molar-refractivity contribution is 0.101. The van der Waals surface area contributed by atoms with Gasteiger partial charge in [-0.3, -0.25) is 4.79 Å². The minimum atomic E-state index is -3.56. The van der Waals surface area contributed by atoms with Crippen LogP contribution < -0.4 is 0 Å². The molecule has 1 aromatic carbocycles. The Bertz CT molecular complexity index is 538. The van der Waals surface area contributed by atoms with E-state index in [9.17, 15) is 22.0 Å². The van der Waals surface area contributed by atoms with Crippen molar-refractivity contribution in [3.05, 3.63) is 35.4 Å². The fraction of sp³-hybridized carbons (Fsp3) is 0.417. The second kappa shape index (κ2) is 6.04. The van der Waals surface area contributed by atoms with Crippen molar-refractivity contribution in [2.24, 2.45) is 0 Å². The Morgan fingerprint density at radius 2 is 1.94 bits per heavy atom. The maximum absolute atomic E-state index is 13.3. The summed E-state index contributed by atoms with van der Waals surface area (Å²) in [4.78, 5) is 11.6. The van der Waals surface area contributed by atoms with Crippen LogP contribution >= 0.6 is 0 Å². The Balaban J connectivity index is 2.86. The van der Waals surface area contributed by atoms with Crippen molar-refractivity contribution in [2.45, 2.75) is 19.8 Å². The number of sulfone groups is 1. The van der Waals surface area contributed by atoms with E-state index in [2.05, 4.69) is 0 Å². The number of carbonyl (C=O) groups is 1. The van der Waals surface area contributed by atoms with Gasteiger partial charge in [0, 0.05) is 0 Å². The molecule has 0 aliphatic rings. The predicted octanol–water partition coefficient (Wildman–Crippen LogP) is 2.36. The van der Waals surface area contributed by atoms with Crippen molar-refractivity contribution >= 4 is 15.6 Å². The molecule has 0 radical (unpaired) electrons. The normalized spacial score (nSPS) is 11.5. The van der Waals surface area contributed by atoms with Crippen molar-refractivity contribution in [3.8, 4) is 0 Å². The molecule has 0 heterocycles. The fourth-order valence-corrected chi connectivity index (χ4v) is 2.85. The summed E-state index contributed by atoms with van der Waals surface area (Å²) >= 11 is 0. The summed E-state index contributed by atoms with van der Waals surface area (Å²) in [7, 11) is -3.56. The number of carbonyl (C=O) groups excluding carboxylic acids is 1. The zero-order chi connectivity index (χ0) is 13.8. The lowest BCUT2D eigenvalue weighted by atomic mass is 10.1. The fourth-order valence-electron chi connectivity index (χ4n) is 1.43. The molecule has 0 unspecified atom stereocenters. The average molecular weight is 276 g/mol. The Morgan fingerprint density at radius 1 is 1.28 bits per heavy atom. The third kappa shape index (κ3) is 4.18. The summed E-state index contributed by atoms with van der Waals surface area (Å²) in [5, 5.41) is 0. The van der Waals surface area contributed by atoms with Gasteiger partial charge in [-0.25, -0.2) is 17.2 Å². The van der Waals surface area contributed by atoms with Crippen LogP contribution in [0, 0.1) is 11.6 Å². The molecule has 18 heavy (non-hydrogen) atoms. The minimum Gasteiger partial charge on any atom is -0.293 e. The second-order valence-electron chi connectivity index (χ2n) is 3.99. The van der Waals surface area contributed by atoms with Crippen LogP contribution in [0.3, 0.4) is 0 Å². The van der Waals surface area contributed by atoms with E-state index in [1.54, 1.807) is 0 Å². The molecule has 0 saturated carbocycles. The highest BCUT2D eigenvalue weighted by Gasteiger charge is 2.20. The summed E-state index contributed by atoms with van der Waals surface area (Å²) in [6.45, 7) is 1.82. The van der Waals surface area contributed by atoms with Crippen molar-refractivity contribution in [3.63, 3.8) is 0 Å². The Kier molecular flexibility index (Phi) is 4.95. The first kappa shape index (κ1) is 14.8. The van der Waals surface area contributed by atoms with E-state index in [0.717, 1.165) is 12.1 Å². The van der Waals surface area contributed by atoms with Crippen LogP contribution in [0.1, 0.15) is 30.1 Å². The molecule has 0 bridgehead atoms. The van der Waals surface area contributed by atoms with Crippen LogP contribution in [0.5, 0.6) is 0 Å². The third-order valence-electron chi connectivity index (χ3n) is 2.39. The van der Waals surface area contributed by atoms with Gasteiger partial charge in [0.25, 0.3) is 0 Å². The highest BCUT2D eigenvalue weighted by molar-refractivity contribution is 7.92. The number of Topliss-reactive ketones (excluding diaryl/α,β-unsaturated/α-hetero) is 1. The quantitative estimate of drug-likeness (QED) is 0.749. The molecule has 3 nitrogen and oxygen atoms in total. The molecule has 0 aromatic heterocycles. The van der Waals surface area contributed by atoms with Gasteiger partial charge in [0.15, 0.2) is 15.6 Å². The summed E-state index contributed by atoms with van der Waals surface area (Å²) in [6, 6.07) is 2.39. The van der Waals surface area contributed by atoms with Crippen LogP contribution in [0.15, 0.2) is 18.2 Å². The van der Waals surface area contributed by atoms with E-state index in [-0.39, 0.29) is 5.75 Å².